The molecule has 1 aliphatic rings. The zero-order chi connectivity index (χ0) is 12.6. The summed E-state index contributed by atoms with van der Waals surface area (Å²) >= 11 is 1.70. The van der Waals surface area contributed by atoms with Gasteiger partial charge in [0.05, 0.1) is 6.61 Å². The van der Waals surface area contributed by atoms with Crippen molar-refractivity contribution >= 4 is 21.4 Å². The maximum Gasteiger partial charge on any atom is 0.163 e. The van der Waals surface area contributed by atoms with Gasteiger partial charge in [0.2, 0.25) is 0 Å². The summed E-state index contributed by atoms with van der Waals surface area (Å²) in [6, 6.07) is 8.25. The van der Waals surface area contributed by atoms with Crippen molar-refractivity contribution < 1.29 is 14.2 Å². The van der Waals surface area contributed by atoms with Gasteiger partial charge in [0.1, 0.15) is 18.5 Å². The maximum atomic E-state index is 5.84. The number of benzene rings is 1. The van der Waals surface area contributed by atoms with Gasteiger partial charge in [-0.05, 0) is 26.0 Å². The first kappa shape index (κ1) is 12.0. The van der Waals surface area contributed by atoms with Gasteiger partial charge in [0.15, 0.2) is 5.79 Å². The van der Waals surface area contributed by atoms with Crippen LogP contribution in [0.3, 0.4) is 0 Å². The molecule has 1 saturated heterocycles. The van der Waals surface area contributed by atoms with Gasteiger partial charge >= 0.3 is 0 Å². The third-order valence-corrected chi connectivity index (χ3v) is 3.88. The van der Waals surface area contributed by atoms with E-state index in [1.807, 2.05) is 31.4 Å². The van der Waals surface area contributed by atoms with E-state index >= 15 is 0 Å². The summed E-state index contributed by atoms with van der Waals surface area (Å²) in [6.07, 6.45) is 0.0127. The molecule has 0 radical (unpaired) electrons. The van der Waals surface area contributed by atoms with E-state index in [9.17, 15) is 0 Å². The summed E-state index contributed by atoms with van der Waals surface area (Å²) in [5.74, 6) is 0.453. The van der Waals surface area contributed by atoms with Crippen LogP contribution in [0.15, 0.2) is 29.6 Å². The van der Waals surface area contributed by atoms with Crippen molar-refractivity contribution in [3.05, 3.63) is 29.6 Å². The summed E-state index contributed by atoms with van der Waals surface area (Å²) in [6.45, 7) is 4.97. The molecule has 1 atom stereocenters. The molecule has 3 rings (SSSR count). The lowest BCUT2D eigenvalue weighted by molar-refractivity contribution is -0.141. The van der Waals surface area contributed by atoms with Crippen molar-refractivity contribution in [1.29, 1.82) is 0 Å². The van der Waals surface area contributed by atoms with E-state index in [1.54, 1.807) is 11.3 Å². The standard InChI is InChI=1S/C14H16O3S/c1-14(2)16-8-10(17-14)7-15-12-9-18-13-6-4-3-5-11(12)13/h3-6,9-10H,7-8H2,1-2H3. The number of thiophene rings is 1. The van der Waals surface area contributed by atoms with E-state index in [-0.39, 0.29) is 6.10 Å². The molecule has 2 aromatic rings. The average molecular weight is 264 g/mol. The SMILES string of the molecule is CC1(C)OCC(COc2csc3ccccc23)O1. The number of rotatable bonds is 3. The second-order valence-corrected chi connectivity index (χ2v) is 5.77. The van der Waals surface area contributed by atoms with Crippen LogP contribution >= 0.6 is 11.3 Å². The van der Waals surface area contributed by atoms with Crippen LogP contribution in [0.1, 0.15) is 13.8 Å². The van der Waals surface area contributed by atoms with Crippen molar-refractivity contribution in [2.24, 2.45) is 0 Å². The second-order valence-electron chi connectivity index (χ2n) is 4.86. The minimum absolute atomic E-state index is 0.0127. The number of fused-ring (bicyclic) bond motifs is 1. The molecule has 2 heterocycles. The highest BCUT2D eigenvalue weighted by molar-refractivity contribution is 7.17. The molecule has 1 fully saturated rings. The fourth-order valence-corrected chi connectivity index (χ4v) is 2.97. The van der Waals surface area contributed by atoms with Gasteiger partial charge in [0, 0.05) is 15.5 Å². The van der Waals surface area contributed by atoms with E-state index in [2.05, 4.69) is 12.1 Å². The molecule has 0 N–H and O–H groups in total. The summed E-state index contributed by atoms with van der Waals surface area (Å²) < 4.78 is 18.3. The van der Waals surface area contributed by atoms with Gasteiger partial charge in [-0.2, -0.15) is 0 Å². The predicted molar refractivity (Wildman–Crippen MR) is 72.2 cm³/mol. The highest BCUT2D eigenvalue weighted by Crippen LogP contribution is 2.32. The lowest BCUT2D eigenvalue weighted by Crippen LogP contribution is -2.25. The van der Waals surface area contributed by atoms with Gasteiger partial charge in [-0.15, -0.1) is 11.3 Å². The molecule has 1 aromatic carbocycles. The lowest BCUT2D eigenvalue weighted by atomic mass is 10.2. The third kappa shape index (κ3) is 2.36. The maximum absolute atomic E-state index is 5.84. The second kappa shape index (κ2) is 4.53. The largest absolute Gasteiger partial charge is 0.489 e. The third-order valence-electron chi connectivity index (χ3n) is 2.94. The molecule has 0 amide bonds. The number of ether oxygens (including phenoxy) is 3. The predicted octanol–water partition coefficient (Wildman–Crippen LogP) is 3.43. The van der Waals surface area contributed by atoms with Crippen LogP contribution < -0.4 is 4.74 Å². The fraction of sp³-hybridized carbons (Fsp3) is 0.429. The molecule has 0 spiro atoms. The highest BCUT2D eigenvalue weighted by atomic mass is 32.1. The van der Waals surface area contributed by atoms with Crippen molar-refractivity contribution in [2.45, 2.75) is 25.7 Å². The minimum Gasteiger partial charge on any atom is -0.489 e. The van der Waals surface area contributed by atoms with E-state index in [0.717, 1.165) is 5.75 Å². The highest BCUT2D eigenvalue weighted by Gasteiger charge is 2.33. The Morgan fingerprint density at radius 2 is 2.22 bits per heavy atom. The average Bonchev–Trinajstić information content (AvgIpc) is 2.90. The Balaban J connectivity index is 1.67. The van der Waals surface area contributed by atoms with Crippen molar-refractivity contribution in [2.75, 3.05) is 13.2 Å². The van der Waals surface area contributed by atoms with Gasteiger partial charge < -0.3 is 14.2 Å². The summed E-state index contributed by atoms with van der Waals surface area (Å²) in [5.41, 5.74) is 0. The molecule has 96 valence electrons. The van der Waals surface area contributed by atoms with E-state index in [4.69, 9.17) is 14.2 Å². The Morgan fingerprint density at radius 1 is 1.39 bits per heavy atom. The van der Waals surface area contributed by atoms with Crippen molar-refractivity contribution in [1.82, 2.24) is 0 Å². The van der Waals surface area contributed by atoms with Crippen LogP contribution in [0.2, 0.25) is 0 Å². The molecule has 3 nitrogen and oxygen atoms in total. The van der Waals surface area contributed by atoms with Crippen LogP contribution in [-0.2, 0) is 9.47 Å². The normalized spacial score (nSPS) is 22.4. The Hall–Kier alpha value is -1.10. The van der Waals surface area contributed by atoms with E-state index in [1.165, 1.54) is 10.1 Å². The monoisotopic (exact) mass is 264 g/mol. The van der Waals surface area contributed by atoms with Gasteiger partial charge in [0.25, 0.3) is 0 Å². The van der Waals surface area contributed by atoms with Gasteiger partial charge in [-0.3, -0.25) is 0 Å². The molecule has 1 aliphatic heterocycles. The Kier molecular flexibility index (Phi) is 3.01. The molecule has 1 unspecified atom stereocenters. The molecule has 0 saturated carbocycles. The summed E-state index contributed by atoms with van der Waals surface area (Å²) in [5, 5.41) is 3.21. The first-order valence-electron chi connectivity index (χ1n) is 6.05. The van der Waals surface area contributed by atoms with E-state index < -0.39 is 5.79 Å². The lowest BCUT2D eigenvalue weighted by Gasteiger charge is -2.17. The molecule has 0 aliphatic carbocycles. The smallest absolute Gasteiger partial charge is 0.163 e. The van der Waals surface area contributed by atoms with Crippen molar-refractivity contribution in [3.8, 4) is 5.75 Å². The van der Waals surface area contributed by atoms with Gasteiger partial charge in [-0.1, -0.05) is 12.1 Å². The summed E-state index contributed by atoms with van der Waals surface area (Å²) in [7, 11) is 0. The molecule has 1 aromatic heterocycles. The number of hydrogen-bond acceptors (Lipinski definition) is 4. The Morgan fingerprint density at radius 3 is 3.00 bits per heavy atom. The first-order valence-corrected chi connectivity index (χ1v) is 6.93. The molecular formula is C14H16O3S. The molecule has 18 heavy (non-hydrogen) atoms. The molecular weight excluding hydrogens is 248 g/mol. The van der Waals surface area contributed by atoms with E-state index in [0.29, 0.717) is 13.2 Å². The van der Waals surface area contributed by atoms with Crippen LogP contribution in [0.25, 0.3) is 10.1 Å². The molecule has 0 bridgehead atoms. The topological polar surface area (TPSA) is 27.7 Å². The minimum atomic E-state index is -0.481. The quantitative estimate of drug-likeness (QED) is 0.850. The van der Waals surface area contributed by atoms with Crippen LogP contribution in [-0.4, -0.2) is 25.1 Å². The first-order chi connectivity index (χ1) is 8.64. The zero-order valence-corrected chi connectivity index (χ0v) is 11.3. The van der Waals surface area contributed by atoms with Gasteiger partial charge in [-0.25, -0.2) is 0 Å². The Labute approximate surface area is 110 Å². The Bertz CT molecular complexity index is 547. The van der Waals surface area contributed by atoms with Crippen LogP contribution in [0.5, 0.6) is 5.75 Å². The van der Waals surface area contributed by atoms with Crippen molar-refractivity contribution in [3.63, 3.8) is 0 Å². The fourth-order valence-electron chi connectivity index (χ4n) is 2.09. The summed E-state index contributed by atoms with van der Waals surface area (Å²) in [4.78, 5) is 0. The van der Waals surface area contributed by atoms with Crippen LogP contribution in [0, 0.1) is 0 Å². The molecule has 4 heteroatoms. The van der Waals surface area contributed by atoms with Crippen LogP contribution in [0.4, 0.5) is 0 Å². The number of hydrogen-bond donors (Lipinski definition) is 0. The zero-order valence-electron chi connectivity index (χ0n) is 10.5.